The number of aromatic amines is 1. The van der Waals surface area contributed by atoms with E-state index in [-0.39, 0.29) is 17.3 Å². The molecule has 0 saturated carbocycles. The van der Waals surface area contributed by atoms with Crippen LogP contribution in [0.5, 0.6) is 5.75 Å². The number of hydrogen-bond acceptors (Lipinski definition) is 8. The maximum atomic E-state index is 13.3. The van der Waals surface area contributed by atoms with Crippen LogP contribution in [-0.4, -0.2) is 55.5 Å². The zero-order valence-electron chi connectivity index (χ0n) is 18.5. The topological polar surface area (TPSA) is 117 Å². The number of sulfonamides is 1. The number of carbonyl (C=O) groups is 1. The standard InChI is InChI=1S/C22H23N5O4S3/c1-3-27(34(29,30)18-7-5-17(31-2)6-8-18)16-4-9-19-15(12-16)13-20(33-19)21(28)23-10-11-32-22-24-14-25-26-22/h4-9,12-14H,3,10-11H2,1-2H3,(H,23,28)(H,24,25,26). The fraction of sp³-hybridized carbons (Fsp3) is 0.227. The number of thioether (sulfide) groups is 1. The molecule has 0 bridgehead atoms. The number of anilines is 1. The van der Waals surface area contributed by atoms with Gasteiger partial charge < -0.3 is 10.1 Å². The van der Waals surface area contributed by atoms with Crippen LogP contribution in [-0.2, 0) is 10.0 Å². The Morgan fingerprint density at radius 2 is 2.00 bits per heavy atom. The highest BCUT2D eigenvalue weighted by Gasteiger charge is 2.24. The van der Waals surface area contributed by atoms with E-state index >= 15 is 0 Å². The number of ether oxygens (including phenoxy) is 1. The predicted molar refractivity (Wildman–Crippen MR) is 134 cm³/mol. The molecule has 0 atom stereocenters. The maximum absolute atomic E-state index is 13.3. The normalized spacial score (nSPS) is 11.5. The number of hydrogen-bond donors (Lipinski definition) is 2. The van der Waals surface area contributed by atoms with E-state index in [1.807, 2.05) is 6.07 Å². The van der Waals surface area contributed by atoms with Gasteiger partial charge in [-0.15, -0.1) is 11.3 Å². The lowest BCUT2D eigenvalue weighted by Crippen LogP contribution is -2.30. The van der Waals surface area contributed by atoms with E-state index < -0.39 is 10.0 Å². The second kappa shape index (κ2) is 10.5. The summed E-state index contributed by atoms with van der Waals surface area (Å²) in [5.41, 5.74) is 0.541. The number of carbonyl (C=O) groups excluding carboxylic acids is 1. The van der Waals surface area contributed by atoms with Gasteiger partial charge in [0, 0.05) is 23.5 Å². The molecule has 9 nitrogen and oxygen atoms in total. The summed E-state index contributed by atoms with van der Waals surface area (Å²) >= 11 is 2.84. The highest BCUT2D eigenvalue weighted by molar-refractivity contribution is 7.99. The Bertz CT molecular complexity index is 1370. The number of benzene rings is 2. The number of nitrogens with one attached hydrogen (secondary N) is 2. The molecule has 0 aliphatic heterocycles. The first-order valence-electron chi connectivity index (χ1n) is 10.4. The Hall–Kier alpha value is -3.09. The molecule has 178 valence electrons. The second-order valence-electron chi connectivity index (χ2n) is 7.07. The van der Waals surface area contributed by atoms with Crippen LogP contribution >= 0.6 is 23.1 Å². The van der Waals surface area contributed by atoms with E-state index in [4.69, 9.17) is 4.74 Å². The van der Waals surface area contributed by atoms with Crippen LogP contribution in [0.25, 0.3) is 10.1 Å². The third-order valence-corrected chi connectivity index (χ3v) is 8.88. The Labute approximate surface area is 205 Å². The van der Waals surface area contributed by atoms with Crippen molar-refractivity contribution in [3.05, 3.63) is 59.7 Å². The molecule has 1 amide bonds. The first-order valence-corrected chi connectivity index (χ1v) is 13.6. The van der Waals surface area contributed by atoms with Crippen molar-refractivity contribution in [3.63, 3.8) is 0 Å². The summed E-state index contributed by atoms with van der Waals surface area (Å²) in [6, 6.07) is 13.5. The zero-order valence-corrected chi connectivity index (χ0v) is 21.0. The minimum absolute atomic E-state index is 0.167. The number of amides is 1. The fourth-order valence-electron chi connectivity index (χ4n) is 3.33. The first kappa shape index (κ1) is 24.0. The summed E-state index contributed by atoms with van der Waals surface area (Å²) in [4.78, 5) is 17.4. The van der Waals surface area contributed by atoms with Gasteiger partial charge in [-0.25, -0.2) is 13.4 Å². The lowest BCUT2D eigenvalue weighted by molar-refractivity contribution is 0.0960. The van der Waals surface area contributed by atoms with Gasteiger partial charge in [-0.1, -0.05) is 11.8 Å². The van der Waals surface area contributed by atoms with E-state index in [1.54, 1.807) is 37.3 Å². The monoisotopic (exact) mass is 517 g/mol. The lowest BCUT2D eigenvalue weighted by atomic mass is 10.2. The molecule has 34 heavy (non-hydrogen) atoms. The predicted octanol–water partition coefficient (Wildman–Crippen LogP) is 3.77. The van der Waals surface area contributed by atoms with Crippen molar-refractivity contribution in [2.24, 2.45) is 0 Å². The molecule has 0 aliphatic carbocycles. The van der Waals surface area contributed by atoms with Crippen molar-refractivity contribution in [1.82, 2.24) is 20.5 Å². The molecular formula is C22H23N5O4S3. The minimum atomic E-state index is -3.75. The Balaban J connectivity index is 1.49. The first-order chi connectivity index (χ1) is 16.4. The summed E-state index contributed by atoms with van der Waals surface area (Å²) < 4.78 is 33.9. The molecule has 2 N–H and O–H groups in total. The highest BCUT2D eigenvalue weighted by Crippen LogP contribution is 2.32. The summed E-state index contributed by atoms with van der Waals surface area (Å²) in [7, 11) is -2.22. The molecule has 2 aromatic carbocycles. The van der Waals surface area contributed by atoms with Gasteiger partial charge in [0.25, 0.3) is 15.9 Å². The average Bonchev–Trinajstić information content (AvgIpc) is 3.51. The van der Waals surface area contributed by atoms with E-state index in [0.29, 0.717) is 33.8 Å². The number of methoxy groups -OCH3 is 1. The number of H-pyrrole nitrogens is 1. The molecular weight excluding hydrogens is 494 g/mol. The Kier molecular flexibility index (Phi) is 7.39. The summed E-state index contributed by atoms with van der Waals surface area (Å²) in [5, 5.41) is 11.0. The average molecular weight is 518 g/mol. The lowest BCUT2D eigenvalue weighted by Gasteiger charge is -2.23. The van der Waals surface area contributed by atoms with Gasteiger partial charge in [-0.3, -0.25) is 14.2 Å². The summed E-state index contributed by atoms with van der Waals surface area (Å²) in [5.74, 6) is 1.08. The molecule has 0 unspecified atom stereocenters. The smallest absolute Gasteiger partial charge is 0.264 e. The van der Waals surface area contributed by atoms with Gasteiger partial charge >= 0.3 is 0 Å². The summed E-state index contributed by atoms with van der Waals surface area (Å²) in [6.45, 7) is 2.53. The van der Waals surface area contributed by atoms with Gasteiger partial charge in [0.05, 0.1) is 22.6 Å². The quantitative estimate of drug-likeness (QED) is 0.243. The van der Waals surface area contributed by atoms with Crippen molar-refractivity contribution in [1.29, 1.82) is 0 Å². The fourth-order valence-corrected chi connectivity index (χ4v) is 6.39. The van der Waals surface area contributed by atoms with Crippen molar-refractivity contribution in [3.8, 4) is 5.75 Å². The van der Waals surface area contributed by atoms with Crippen LogP contribution in [0.3, 0.4) is 0 Å². The van der Waals surface area contributed by atoms with Crippen LogP contribution < -0.4 is 14.4 Å². The molecule has 12 heteroatoms. The number of thiophene rings is 1. The van der Waals surface area contributed by atoms with Crippen molar-refractivity contribution in [2.75, 3.05) is 30.3 Å². The van der Waals surface area contributed by atoms with Crippen molar-refractivity contribution >= 4 is 54.8 Å². The van der Waals surface area contributed by atoms with E-state index in [9.17, 15) is 13.2 Å². The van der Waals surface area contributed by atoms with Gasteiger partial charge in [0.15, 0.2) is 5.16 Å². The van der Waals surface area contributed by atoms with E-state index in [1.165, 1.54) is 53.0 Å². The molecule has 0 aliphatic rings. The molecule has 2 aromatic heterocycles. The van der Waals surface area contributed by atoms with Crippen LogP contribution in [0.1, 0.15) is 16.6 Å². The molecule has 2 heterocycles. The van der Waals surface area contributed by atoms with Crippen LogP contribution in [0.4, 0.5) is 5.69 Å². The van der Waals surface area contributed by atoms with E-state index in [0.717, 1.165) is 10.1 Å². The SMILES string of the molecule is CCN(c1ccc2sc(C(=O)NCCSc3ncn[nH]3)cc2c1)S(=O)(=O)c1ccc(OC)cc1. The maximum Gasteiger partial charge on any atom is 0.264 e. The van der Waals surface area contributed by atoms with Crippen LogP contribution in [0.15, 0.2) is 64.9 Å². The van der Waals surface area contributed by atoms with E-state index in [2.05, 4.69) is 20.5 Å². The minimum Gasteiger partial charge on any atom is -0.497 e. The van der Waals surface area contributed by atoms with Crippen molar-refractivity contribution in [2.45, 2.75) is 17.0 Å². The summed E-state index contributed by atoms with van der Waals surface area (Å²) in [6.07, 6.45) is 1.44. The van der Waals surface area contributed by atoms with Crippen LogP contribution in [0.2, 0.25) is 0 Å². The molecule has 0 fully saturated rings. The molecule has 0 spiro atoms. The zero-order chi connectivity index (χ0) is 24.1. The Morgan fingerprint density at radius 3 is 2.68 bits per heavy atom. The van der Waals surface area contributed by atoms with Gasteiger partial charge in [0.1, 0.15) is 12.1 Å². The molecule has 4 aromatic rings. The Morgan fingerprint density at radius 1 is 1.21 bits per heavy atom. The number of aromatic nitrogens is 3. The van der Waals surface area contributed by atoms with Crippen molar-refractivity contribution < 1.29 is 17.9 Å². The van der Waals surface area contributed by atoms with Gasteiger partial charge in [-0.05, 0) is 60.8 Å². The number of fused-ring (bicyclic) bond motifs is 1. The van der Waals surface area contributed by atoms with Gasteiger partial charge in [0.2, 0.25) is 0 Å². The molecule has 4 rings (SSSR count). The van der Waals surface area contributed by atoms with Crippen LogP contribution in [0, 0.1) is 0 Å². The second-order valence-corrected chi connectivity index (χ2v) is 11.1. The molecule has 0 radical (unpaired) electrons. The number of rotatable bonds is 10. The number of nitrogens with zero attached hydrogens (tertiary/aromatic N) is 3. The highest BCUT2D eigenvalue weighted by atomic mass is 32.2. The third kappa shape index (κ3) is 5.18. The largest absolute Gasteiger partial charge is 0.497 e. The van der Waals surface area contributed by atoms with Gasteiger partial charge in [-0.2, -0.15) is 5.10 Å². The third-order valence-electron chi connectivity index (χ3n) is 4.97. The molecule has 0 saturated heterocycles.